The van der Waals surface area contributed by atoms with E-state index in [0.29, 0.717) is 17.9 Å². The van der Waals surface area contributed by atoms with Crippen molar-refractivity contribution in [2.24, 2.45) is 11.1 Å². The molecule has 9 heteroatoms. The molecule has 0 fully saturated rings. The Labute approximate surface area is 145 Å². The van der Waals surface area contributed by atoms with Crippen LogP contribution in [0.3, 0.4) is 0 Å². The van der Waals surface area contributed by atoms with Crippen LogP contribution in [0.1, 0.15) is 27.2 Å². The Kier molecular flexibility index (Phi) is 10.3. The van der Waals surface area contributed by atoms with Crippen LogP contribution in [-0.4, -0.2) is 55.7 Å². The molecule has 0 aliphatic carbocycles. The molecule has 0 spiro atoms. The molecule has 0 aromatic carbocycles. The number of hydrogen-bond donors (Lipinski definition) is 2. The molecule has 0 saturated carbocycles. The number of rotatable bonds is 9. The van der Waals surface area contributed by atoms with Crippen LogP contribution >= 0.6 is 21.6 Å². The Morgan fingerprint density at radius 3 is 2.04 bits per heavy atom. The number of nitrogens with one attached hydrogen (secondary N) is 1. The first-order valence-electron chi connectivity index (χ1n) is 7.05. The van der Waals surface area contributed by atoms with E-state index in [9.17, 15) is 14.4 Å². The van der Waals surface area contributed by atoms with E-state index in [0.717, 1.165) is 0 Å². The molecule has 0 aliphatic rings. The minimum Gasteiger partial charge on any atom is -0.468 e. The maximum Gasteiger partial charge on any atom is 0.329 e. The fourth-order valence-electron chi connectivity index (χ4n) is 1.49. The summed E-state index contributed by atoms with van der Waals surface area (Å²) in [6, 6.07) is -1.45. The molecule has 0 aromatic heterocycles. The number of carbonyl (C=O) groups excluding carboxylic acids is 3. The van der Waals surface area contributed by atoms with Gasteiger partial charge in [0, 0.05) is 17.9 Å². The lowest BCUT2D eigenvalue weighted by Crippen LogP contribution is -2.44. The highest BCUT2D eigenvalue weighted by Gasteiger charge is 2.24. The summed E-state index contributed by atoms with van der Waals surface area (Å²) in [6.45, 7) is 5.83. The van der Waals surface area contributed by atoms with E-state index in [1.165, 1.54) is 35.8 Å². The monoisotopic (exact) mass is 366 g/mol. The zero-order chi connectivity index (χ0) is 18.0. The summed E-state index contributed by atoms with van der Waals surface area (Å²) in [6.07, 6.45) is 0.311. The molecule has 0 radical (unpaired) electrons. The maximum absolute atomic E-state index is 11.9. The summed E-state index contributed by atoms with van der Waals surface area (Å²) >= 11 is 0. The van der Waals surface area contributed by atoms with Gasteiger partial charge in [0.05, 0.1) is 14.2 Å². The van der Waals surface area contributed by atoms with Crippen molar-refractivity contribution in [1.29, 1.82) is 0 Å². The van der Waals surface area contributed by atoms with Gasteiger partial charge in [-0.1, -0.05) is 42.4 Å². The first-order valence-corrected chi connectivity index (χ1v) is 9.54. The molecule has 0 rings (SSSR count). The summed E-state index contributed by atoms with van der Waals surface area (Å²) in [5, 5.41) is 2.68. The predicted molar refractivity (Wildman–Crippen MR) is 92.9 cm³/mol. The van der Waals surface area contributed by atoms with Crippen molar-refractivity contribution in [2.45, 2.75) is 39.3 Å². The Morgan fingerprint density at radius 2 is 1.57 bits per heavy atom. The molecular weight excluding hydrogens is 340 g/mol. The van der Waals surface area contributed by atoms with E-state index >= 15 is 0 Å². The van der Waals surface area contributed by atoms with E-state index in [1.807, 2.05) is 20.8 Å². The molecule has 23 heavy (non-hydrogen) atoms. The topological polar surface area (TPSA) is 108 Å². The summed E-state index contributed by atoms with van der Waals surface area (Å²) < 4.78 is 9.23. The van der Waals surface area contributed by atoms with Gasteiger partial charge >= 0.3 is 11.9 Å². The molecule has 7 nitrogen and oxygen atoms in total. The van der Waals surface area contributed by atoms with Crippen LogP contribution in [0.15, 0.2) is 0 Å². The van der Waals surface area contributed by atoms with Crippen LogP contribution in [-0.2, 0) is 23.9 Å². The van der Waals surface area contributed by atoms with E-state index in [2.05, 4.69) is 10.1 Å². The number of hydrogen-bond acceptors (Lipinski definition) is 8. The maximum atomic E-state index is 11.9. The van der Waals surface area contributed by atoms with Gasteiger partial charge < -0.3 is 20.5 Å². The van der Waals surface area contributed by atoms with Crippen LogP contribution in [0.5, 0.6) is 0 Å². The van der Waals surface area contributed by atoms with Gasteiger partial charge in [-0.05, 0) is 5.41 Å². The van der Waals surface area contributed by atoms with Gasteiger partial charge in [0.15, 0.2) is 0 Å². The van der Waals surface area contributed by atoms with Crippen molar-refractivity contribution in [3.05, 3.63) is 0 Å². The fourth-order valence-corrected chi connectivity index (χ4v) is 3.75. The average Bonchev–Trinajstić information content (AvgIpc) is 2.46. The predicted octanol–water partition coefficient (Wildman–Crippen LogP) is 0.962. The highest BCUT2D eigenvalue weighted by atomic mass is 33.1. The molecule has 0 heterocycles. The fraction of sp³-hybridized carbons (Fsp3) is 0.786. The molecule has 0 aromatic rings. The third-order valence-electron chi connectivity index (χ3n) is 2.58. The van der Waals surface area contributed by atoms with Crippen molar-refractivity contribution in [2.75, 3.05) is 25.7 Å². The second-order valence-corrected chi connectivity index (χ2v) is 8.63. The molecule has 134 valence electrons. The van der Waals surface area contributed by atoms with Gasteiger partial charge in [-0.3, -0.25) is 9.59 Å². The second kappa shape index (κ2) is 10.8. The van der Waals surface area contributed by atoms with Crippen LogP contribution in [0.4, 0.5) is 0 Å². The minimum atomic E-state index is -0.735. The summed E-state index contributed by atoms with van der Waals surface area (Å²) in [4.78, 5) is 34.9. The summed E-state index contributed by atoms with van der Waals surface area (Å²) in [5.74, 6) is -0.522. The summed E-state index contributed by atoms with van der Waals surface area (Å²) in [5.41, 5.74) is 5.44. The highest BCUT2D eigenvalue weighted by Crippen LogP contribution is 2.23. The zero-order valence-corrected chi connectivity index (χ0v) is 15.8. The largest absolute Gasteiger partial charge is 0.468 e. The molecule has 2 unspecified atom stereocenters. The first-order chi connectivity index (χ1) is 10.6. The van der Waals surface area contributed by atoms with Crippen molar-refractivity contribution >= 4 is 39.4 Å². The SMILES string of the molecule is COC(=O)C(N)CSSCC(NC(=O)CC(C)(C)C)C(=O)OC. The van der Waals surface area contributed by atoms with Gasteiger partial charge in [-0.25, -0.2) is 4.79 Å². The first kappa shape index (κ1) is 22.1. The third-order valence-corrected chi connectivity index (χ3v) is 5.03. The minimum absolute atomic E-state index is 0.167. The van der Waals surface area contributed by atoms with Crippen LogP contribution < -0.4 is 11.1 Å². The van der Waals surface area contributed by atoms with Crippen LogP contribution in [0.2, 0.25) is 0 Å². The molecule has 3 N–H and O–H groups in total. The number of amides is 1. The van der Waals surface area contributed by atoms with Gasteiger partial charge in [0.2, 0.25) is 5.91 Å². The summed E-state index contributed by atoms with van der Waals surface area (Å²) in [7, 11) is 5.22. The van der Waals surface area contributed by atoms with Crippen molar-refractivity contribution in [3.8, 4) is 0 Å². The standard InChI is InChI=1S/C14H26N2O5S2/c1-14(2,3)6-11(17)16-10(13(19)21-5)8-23-22-7-9(15)12(18)20-4/h9-10H,6-8,15H2,1-5H3,(H,16,17). The smallest absolute Gasteiger partial charge is 0.329 e. The normalized spacial score (nSPS) is 13.8. The van der Waals surface area contributed by atoms with Crippen LogP contribution in [0, 0.1) is 5.41 Å². The Hall–Kier alpha value is -0.930. The quantitative estimate of drug-likeness (QED) is 0.353. The average molecular weight is 367 g/mol. The van der Waals surface area contributed by atoms with E-state index in [1.54, 1.807) is 0 Å². The van der Waals surface area contributed by atoms with E-state index in [-0.39, 0.29) is 11.3 Å². The third kappa shape index (κ3) is 10.5. The van der Waals surface area contributed by atoms with Gasteiger partial charge in [0.25, 0.3) is 0 Å². The van der Waals surface area contributed by atoms with Gasteiger partial charge in [-0.15, -0.1) is 0 Å². The van der Waals surface area contributed by atoms with E-state index < -0.39 is 24.0 Å². The molecule has 1 amide bonds. The second-order valence-electron chi connectivity index (χ2n) is 6.08. The molecular formula is C14H26N2O5S2. The number of esters is 2. The molecule has 0 bridgehead atoms. The highest BCUT2D eigenvalue weighted by molar-refractivity contribution is 8.76. The Morgan fingerprint density at radius 1 is 1.04 bits per heavy atom. The molecule has 2 atom stereocenters. The number of ether oxygens (including phenoxy) is 2. The lowest BCUT2D eigenvalue weighted by atomic mass is 9.92. The van der Waals surface area contributed by atoms with Crippen LogP contribution in [0.25, 0.3) is 0 Å². The molecule has 0 saturated heterocycles. The van der Waals surface area contributed by atoms with Crippen molar-refractivity contribution in [1.82, 2.24) is 5.32 Å². The lowest BCUT2D eigenvalue weighted by molar-refractivity contribution is -0.144. The Bertz CT molecular complexity index is 412. The number of methoxy groups -OCH3 is 2. The number of nitrogens with two attached hydrogens (primary N) is 1. The van der Waals surface area contributed by atoms with Crippen molar-refractivity contribution in [3.63, 3.8) is 0 Å². The van der Waals surface area contributed by atoms with Gasteiger partial charge in [0.1, 0.15) is 12.1 Å². The van der Waals surface area contributed by atoms with E-state index in [4.69, 9.17) is 10.5 Å². The Balaban J connectivity index is 4.34. The number of carbonyl (C=O) groups is 3. The van der Waals surface area contributed by atoms with Crippen molar-refractivity contribution < 1.29 is 23.9 Å². The lowest BCUT2D eigenvalue weighted by Gasteiger charge is -2.21. The molecule has 0 aliphatic heterocycles. The van der Waals surface area contributed by atoms with Gasteiger partial charge in [-0.2, -0.15) is 0 Å². The zero-order valence-electron chi connectivity index (χ0n) is 14.2.